The smallest absolute Gasteiger partial charge is 0.264 e. The maximum atomic E-state index is 14.2. The molecule has 0 radical (unpaired) electrons. The Morgan fingerprint density at radius 2 is 1.63 bits per heavy atom. The number of amides is 2. The van der Waals surface area contributed by atoms with Crippen molar-refractivity contribution in [3.63, 3.8) is 0 Å². The SMILES string of the molecule is CC[C@H](C(=O)N[C@@H](C)CC)N(Cc1ccc(Cl)cc1)C(=O)CN(c1cc(C)ccc1OC)S(=O)(=O)c1ccccc1. The third-order valence-corrected chi connectivity index (χ3v) is 8.89. The van der Waals surface area contributed by atoms with Gasteiger partial charge in [0, 0.05) is 17.6 Å². The topological polar surface area (TPSA) is 96.0 Å². The minimum atomic E-state index is -4.20. The first-order chi connectivity index (χ1) is 19.5. The first-order valence-corrected chi connectivity index (χ1v) is 15.4. The highest BCUT2D eigenvalue weighted by Gasteiger charge is 2.35. The summed E-state index contributed by atoms with van der Waals surface area (Å²) >= 11 is 6.08. The number of carbonyl (C=O) groups is 2. The second-order valence-corrected chi connectivity index (χ2v) is 12.2. The number of anilines is 1. The third-order valence-electron chi connectivity index (χ3n) is 6.87. The van der Waals surface area contributed by atoms with Gasteiger partial charge in [-0.1, -0.05) is 61.8 Å². The number of carbonyl (C=O) groups excluding carboxylic acids is 2. The van der Waals surface area contributed by atoms with E-state index in [4.69, 9.17) is 16.3 Å². The van der Waals surface area contributed by atoms with Crippen LogP contribution in [0.5, 0.6) is 5.75 Å². The number of rotatable bonds is 13. The summed E-state index contributed by atoms with van der Waals surface area (Å²) in [5.41, 5.74) is 1.77. The van der Waals surface area contributed by atoms with Crippen LogP contribution in [0.25, 0.3) is 0 Å². The summed E-state index contributed by atoms with van der Waals surface area (Å²) in [6.45, 7) is 7.06. The number of methoxy groups -OCH3 is 1. The highest BCUT2D eigenvalue weighted by atomic mass is 35.5. The number of benzene rings is 3. The zero-order valence-corrected chi connectivity index (χ0v) is 25.7. The van der Waals surface area contributed by atoms with E-state index in [1.165, 1.54) is 24.1 Å². The second kappa shape index (κ2) is 14.4. The van der Waals surface area contributed by atoms with E-state index in [2.05, 4.69) is 5.32 Å². The Bertz CT molecular complexity index is 1430. The van der Waals surface area contributed by atoms with Crippen molar-refractivity contribution in [3.8, 4) is 5.75 Å². The Balaban J connectivity index is 2.11. The minimum Gasteiger partial charge on any atom is -0.495 e. The Labute approximate surface area is 248 Å². The van der Waals surface area contributed by atoms with E-state index in [0.29, 0.717) is 17.2 Å². The zero-order valence-electron chi connectivity index (χ0n) is 24.1. The van der Waals surface area contributed by atoms with Crippen LogP contribution in [0.15, 0.2) is 77.7 Å². The molecule has 2 atom stereocenters. The van der Waals surface area contributed by atoms with Crippen LogP contribution in [-0.2, 0) is 26.2 Å². The normalized spacial score (nSPS) is 12.7. The molecule has 2 amide bonds. The van der Waals surface area contributed by atoms with Crippen molar-refractivity contribution in [2.75, 3.05) is 18.0 Å². The Kier molecular flexibility index (Phi) is 11.2. The molecule has 220 valence electrons. The van der Waals surface area contributed by atoms with Crippen molar-refractivity contribution in [3.05, 3.63) is 88.9 Å². The average molecular weight is 600 g/mol. The van der Waals surface area contributed by atoms with E-state index in [-0.39, 0.29) is 29.1 Å². The van der Waals surface area contributed by atoms with Crippen molar-refractivity contribution < 1.29 is 22.7 Å². The van der Waals surface area contributed by atoms with Gasteiger partial charge in [-0.3, -0.25) is 13.9 Å². The molecular formula is C31H38ClN3O5S. The predicted molar refractivity (Wildman–Crippen MR) is 163 cm³/mol. The van der Waals surface area contributed by atoms with Crippen LogP contribution in [0.2, 0.25) is 5.02 Å². The summed E-state index contributed by atoms with van der Waals surface area (Å²) in [4.78, 5) is 29.0. The molecule has 1 N–H and O–H groups in total. The first kappa shape index (κ1) is 32.0. The second-order valence-electron chi connectivity index (χ2n) is 9.89. The van der Waals surface area contributed by atoms with E-state index in [9.17, 15) is 18.0 Å². The molecule has 0 fully saturated rings. The number of nitrogens with one attached hydrogen (secondary N) is 1. The fourth-order valence-electron chi connectivity index (χ4n) is 4.38. The fraction of sp³-hybridized carbons (Fsp3) is 0.355. The number of nitrogens with zero attached hydrogens (tertiary/aromatic N) is 2. The molecule has 0 aliphatic carbocycles. The van der Waals surface area contributed by atoms with Gasteiger partial charge in [0.25, 0.3) is 10.0 Å². The third kappa shape index (κ3) is 8.01. The fourth-order valence-corrected chi connectivity index (χ4v) is 5.94. The van der Waals surface area contributed by atoms with E-state index in [0.717, 1.165) is 21.9 Å². The maximum Gasteiger partial charge on any atom is 0.264 e. The number of sulfonamides is 1. The van der Waals surface area contributed by atoms with Gasteiger partial charge in [0.05, 0.1) is 17.7 Å². The van der Waals surface area contributed by atoms with E-state index in [1.54, 1.807) is 60.7 Å². The highest BCUT2D eigenvalue weighted by molar-refractivity contribution is 7.92. The molecule has 0 spiro atoms. The van der Waals surface area contributed by atoms with Crippen molar-refractivity contribution >= 4 is 39.1 Å². The summed E-state index contributed by atoms with van der Waals surface area (Å²) in [5, 5.41) is 3.51. The quantitative estimate of drug-likeness (QED) is 0.277. The molecule has 0 aromatic heterocycles. The standard InChI is InChI=1S/C31H38ClN3O5S/c1-6-23(4)33-31(37)27(7-2)34(20-24-14-16-25(32)17-15-24)30(36)21-35(28-19-22(3)13-18-29(28)40-5)41(38,39)26-11-9-8-10-12-26/h8-19,23,27H,6-7,20-21H2,1-5H3,(H,33,37)/t23-,27+/m0/s1. The number of aryl methyl sites for hydroxylation is 1. The molecule has 0 aliphatic rings. The molecule has 0 aliphatic heterocycles. The van der Waals surface area contributed by atoms with E-state index < -0.39 is 28.5 Å². The van der Waals surface area contributed by atoms with Gasteiger partial charge in [-0.25, -0.2) is 8.42 Å². The molecular weight excluding hydrogens is 562 g/mol. The van der Waals surface area contributed by atoms with Crippen LogP contribution in [-0.4, -0.2) is 50.9 Å². The zero-order chi connectivity index (χ0) is 30.2. The monoisotopic (exact) mass is 599 g/mol. The molecule has 41 heavy (non-hydrogen) atoms. The van der Waals surface area contributed by atoms with E-state index >= 15 is 0 Å². The molecule has 0 saturated carbocycles. The van der Waals surface area contributed by atoms with Crippen LogP contribution in [0.3, 0.4) is 0 Å². The number of halogens is 1. The van der Waals surface area contributed by atoms with Crippen molar-refractivity contribution in [2.45, 2.75) is 64.1 Å². The minimum absolute atomic E-state index is 0.0298. The molecule has 10 heteroatoms. The number of hydrogen-bond donors (Lipinski definition) is 1. The molecule has 3 aromatic carbocycles. The predicted octanol–water partition coefficient (Wildman–Crippen LogP) is 5.57. The maximum absolute atomic E-state index is 14.2. The number of ether oxygens (including phenoxy) is 1. The molecule has 0 unspecified atom stereocenters. The summed E-state index contributed by atoms with van der Waals surface area (Å²) < 4.78 is 34.6. The van der Waals surface area contributed by atoms with Crippen LogP contribution in [0, 0.1) is 6.92 Å². The van der Waals surface area contributed by atoms with Gasteiger partial charge in [-0.05, 0) is 74.2 Å². The lowest BCUT2D eigenvalue weighted by molar-refractivity contribution is -0.140. The van der Waals surface area contributed by atoms with Gasteiger partial charge >= 0.3 is 0 Å². The Morgan fingerprint density at radius 1 is 0.976 bits per heavy atom. The largest absolute Gasteiger partial charge is 0.495 e. The Hall–Kier alpha value is -3.56. The molecule has 3 rings (SSSR count). The van der Waals surface area contributed by atoms with Crippen LogP contribution in [0.1, 0.15) is 44.7 Å². The molecule has 0 heterocycles. The van der Waals surface area contributed by atoms with Gasteiger partial charge in [0.1, 0.15) is 18.3 Å². The van der Waals surface area contributed by atoms with Gasteiger partial charge in [0.15, 0.2) is 0 Å². The number of hydrogen-bond acceptors (Lipinski definition) is 5. The lowest BCUT2D eigenvalue weighted by atomic mass is 10.1. The van der Waals surface area contributed by atoms with Crippen LogP contribution < -0.4 is 14.4 Å². The summed E-state index contributed by atoms with van der Waals surface area (Å²) in [6, 6.07) is 19.1. The van der Waals surface area contributed by atoms with Gasteiger partial charge in [0.2, 0.25) is 11.8 Å². The van der Waals surface area contributed by atoms with Gasteiger partial charge in [-0.2, -0.15) is 0 Å². The van der Waals surface area contributed by atoms with Crippen LogP contribution in [0.4, 0.5) is 5.69 Å². The van der Waals surface area contributed by atoms with Gasteiger partial charge < -0.3 is 15.0 Å². The Morgan fingerprint density at radius 3 is 2.22 bits per heavy atom. The highest BCUT2D eigenvalue weighted by Crippen LogP contribution is 2.33. The van der Waals surface area contributed by atoms with E-state index in [1.807, 2.05) is 27.7 Å². The van der Waals surface area contributed by atoms with Crippen molar-refractivity contribution in [1.82, 2.24) is 10.2 Å². The summed E-state index contributed by atoms with van der Waals surface area (Å²) in [5.74, 6) is -0.530. The van der Waals surface area contributed by atoms with Crippen LogP contribution >= 0.6 is 11.6 Å². The summed E-state index contributed by atoms with van der Waals surface area (Å²) in [7, 11) is -2.75. The average Bonchev–Trinajstić information content (AvgIpc) is 2.96. The molecule has 8 nitrogen and oxygen atoms in total. The van der Waals surface area contributed by atoms with Crippen molar-refractivity contribution in [2.24, 2.45) is 0 Å². The summed E-state index contributed by atoms with van der Waals surface area (Å²) in [6.07, 6.45) is 1.06. The first-order valence-electron chi connectivity index (χ1n) is 13.6. The van der Waals surface area contributed by atoms with Gasteiger partial charge in [-0.15, -0.1) is 0 Å². The molecule has 0 saturated heterocycles. The lowest BCUT2D eigenvalue weighted by Gasteiger charge is -2.34. The lowest BCUT2D eigenvalue weighted by Crippen LogP contribution is -2.53. The molecule has 0 bridgehead atoms. The van der Waals surface area contributed by atoms with Crippen molar-refractivity contribution in [1.29, 1.82) is 0 Å². The molecule has 3 aromatic rings.